The van der Waals surface area contributed by atoms with Crippen LogP contribution in [0, 0.1) is 0 Å². The van der Waals surface area contributed by atoms with Crippen molar-refractivity contribution in [2.75, 3.05) is 13.2 Å². The molecule has 0 spiro atoms. The molecule has 1 fully saturated rings. The second-order valence-corrected chi connectivity index (χ2v) is 4.70. The highest BCUT2D eigenvalue weighted by molar-refractivity contribution is 5.05. The normalized spacial score (nSPS) is 22.3. The molecule has 1 aromatic rings. The third-order valence-corrected chi connectivity index (χ3v) is 3.35. The molecule has 0 aromatic carbocycles. The number of aromatic nitrogens is 1. The summed E-state index contributed by atoms with van der Waals surface area (Å²) in [7, 11) is 0. The summed E-state index contributed by atoms with van der Waals surface area (Å²) in [6.45, 7) is 4.05. The first-order chi connectivity index (χ1) is 8.36. The lowest BCUT2D eigenvalue weighted by molar-refractivity contribution is 0.0546. The van der Waals surface area contributed by atoms with Gasteiger partial charge in [-0.05, 0) is 44.9 Å². The largest absolute Gasteiger partial charge is 0.372 e. The van der Waals surface area contributed by atoms with Gasteiger partial charge in [-0.25, -0.2) is 0 Å². The van der Waals surface area contributed by atoms with E-state index in [0.717, 1.165) is 18.7 Å². The number of hydrogen-bond acceptors (Lipinski definition) is 3. The molecular weight excluding hydrogens is 212 g/mol. The standard InChI is InChI=1S/C14H22N2O/c1-12(14-7-3-5-10-16-14)17-11-8-13-6-2-4-9-15-13/h3,5,7,10,12-13,15H,2,4,6,8-9,11H2,1H3/t12-,13+/m1/s1. The Morgan fingerprint density at radius 3 is 3.12 bits per heavy atom. The van der Waals surface area contributed by atoms with E-state index in [4.69, 9.17) is 4.74 Å². The molecule has 1 aliphatic rings. The number of nitrogens with one attached hydrogen (secondary N) is 1. The highest BCUT2D eigenvalue weighted by Gasteiger charge is 2.13. The Morgan fingerprint density at radius 1 is 1.47 bits per heavy atom. The van der Waals surface area contributed by atoms with Crippen molar-refractivity contribution in [2.45, 2.75) is 44.8 Å². The van der Waals surface area contributed by atoms with Gasteiger partial charge in [-0.3, -0.25) is 4.98 Å². The zero-order valence-electron chi connectivity index (χ0n) is 10.6. The van der Waals surface area contributed by atoms with Crippen LogP contribution in [0.4, 0.5) is 0 Å². The van der Waals surface area contributed by atoms with E-state index in [2.05, 4.69) is 17.2 Å². The van der Waals surface area contributed by atoms with Gasteiger partial charge in [0.25, 0.3) is 0 Å². The van der Waals surface area contributed by atoms with Gasteiger partial charge in [-0.2, -0.15) is 0 Å². The Balaban J connectivity index is 1.67. The first-order valence-electron chi connectivity index (χ1n) is 6.62. The topological polar surface area (TPSA) is 34.1 Å². The van der Waals surface area contributed by atoms with Gasteiger partial charge in [0, 0.05) is 18.8 Å². The number of piperidine rings is 1. The lowest BCUT2D eigenvalue weighted by atomic mass is 10.0. The maximum Gasteiger partial charge on any atom is 0.0966 e. The van der Waals surface area contributed by atoms with Crippen LogP contribution in [0.1, 0.15) is 44.4 Å². The molecule has 0 unspecified atom stereocenters. The zero-order valence-corrected chi connectivity index (χ0v) is 10.6. The highest BCUT2D eigenvalue weighted by atomic mass is 16.5. The number of rotatable bonds is 5. The molecule has 17 heavy (non-hydrogen) atoms. The van der Waals surface area contributed by atoms with E-state index >= 15 is 0 Å². The van der Waals surface area contributed by atoms with Gasteiger partial charge in [0.05, 0.1) is 11.8 Å². The fourth-order valence-electron chi connectivity index (χ4n) is 2.26. The van der Waals surface area contributed by atoms with Gasteiger partial charge in [-0.1, -0.05) is 12.5 Å². The van der Waals surface area contributed by atoms with Gasteiger partial charge in [0.1, 0.15) is 0 Å². The first-order valence-corrected chi connectivity index (χ1v) is 6.62. The molecular formula is C14H22N2O. The lowest BCUT2D eigenvalue weighted by Gasteiger charge is -2.24. The molecule has 1 saturated heterocycles. The van der Waals surface area contributed by atoms with Crippen molar-refractivity contribution in [1.29, 1.82) is 0 Å². The fourth-order valence-corrected chi connectivity index (χ4v) is 2.26. The van der Waals surface area contributed by atoms with E-state index < -0.39 is 0 Å². The predicted octanol–water partition coefficient (Wildman–Crippen LogP) is 2.69. The summed E-state index contributed by atoms with van der Waals surface area (Å²) in [4.78, 5) is 4.30. The summed E-state index contributed by atoms with van der Waals surface area (Å²) in [5.74, 6) is 0. The second kappa shape index (κ2) is 6.72. The van der Waals surface area contributed by atoms with Crippen LogP contribution in [0.2, 0.25) is 0 Å². The van der Waals surface area contributed by atoms with E-state index in [1.165, 1.54) is 25.8 Å². The zero-order chi connectivity index (χ0) is 11.9. The van der Waals surface area contributed by atoms with Crippen LogP contribution in [-0.4, -0.2) is 24.2 Å². The third kappa shape index (κ3) is 4.10. The van der Waals surface area contributed by atoms with Crippen molar-refractivity contribution in [3.8, 4) is 0 Å². The molecule has 1 aromatic heterocycles. The maximum atomic E-state index is 5.83. The predicted molar refractivity (Wildman–Crippen MR) is 68.9 cm³/mol. The van der Waals surface area contributed by atoms with Gasteiger partial charge in [-0.15, -0.1) is 0 Å². The van der Waals surface area contributed by atoms with Crippen molar-refractivity contribution >= 4 is 0 Å². The molecule has 94 valence electrons. The van der Waals surface area contributed by atoms with Crippen LogP contribution < -0.4 is 5.32 Å². The van der Waals surface area contributed by atoms with Crippen LogP contribution >= 0.6 is 0 Å². The van der Waals surface area contributed by atoms with Crippen LogP contribution in [0.5, 0.6) is 0 Å². The minimum absolute atomic E-state index is 0.0970. The van der Waals surface area contributed by atoms with Crippen molar-refractivity contribution < 1.29 is 4.74 Å². The van der Waals surface area contributed by atoms with Crippen molar-refractivity contribution in [1.82, 2.24) is 10.3 Å². The summed E-state index contributed by atoms with van der Waals surface area (Å²) in [6, 6.07) is 6.61. The van der Waals surface area contributed by atoms with Gasteiger partial charge in [0.2, 0.25) is 0 Å². The second-order valence-electron chi connectivity index (χ2n) is 4.70. The molecule has 0 radical (unpaired) electrons. The van der Waals surface area contributed by atoms with E-state index in [9.17, 15) is 0 Å². The molecule has 3 nitrogen and oxygen atoms in total. The molecule has 1 N–H and O–H groups in total. The summed E-state index contributed by atoms with van der Waals surface area (Å²) in [5, 5.41) is 3.54. The molecule has 1 aliphatic heterocycles. The number of pyridine rings is 1. The number of ether oxygens (including phenoxy) is 1. The summed E-state index contributed by atoms with van der Waals surface area (Å²) in [5.41, 5.74) is 1.02. The molecule has 2 rings (SSSR count). The van der Waals surface area contributed by atoms with Gasteiger partial charge in [0.15, 0.2) is 0 Å². The van der Waals surface area contributed by atoms with Gasteiger partial charge >= 0.3 is 0 Å². The maximum absolute atomic E-state index is 5.83. The van der Waals surface area contributed by atoms with Crippen LogP contribution in [0.25, 0.3) is 0 Å². The SMILES string of the molecule is C[C@@H](OCC[C@@H]1CCCCN1)c1ccccn1. The molecule has 2 atom stereocenters. The average molecular weight is 234 g/mol. The molecule has 2 heterocycles. The number of hydrogen-bond donors (Lipinski definition) is 1. The quantitative estimate of drug-likeness (QED) is 0.850. The van der Waals surface area contributed by atoms with Gasteiger partial charge < -0.3 is 10.1 Å². The Hall–Kier alpha value is -0.930. The molecule has 0 bridgehead atoms. The van der Waals surface area contributed by atoms with E-state index in [-0.39, 0.29) is 6.10 Å². The van der Waals surface area contributed by atoms with Crippen LogP contribution in [0.15, 0.2) is 24.4 Å². The van der Waals surface area contributed by atoms with Crippen LogP contribution in [0.3, 0.4) is 0 Å². The van der Waals surface area contributed by atoms with E-state index in [1.54, 1.807) is 0 Å². The minimum atomic E-state index is 0.0970. The van der Waals surface area contributed by atoms with E-state index in [1.807, 2.05) is 24.4 Å². The molecule has 0 saturated carbocycles. The summed E-state index contributed by atoms with van der Waals surface area (Å²) < 4.78 is 5.83. The molecule has 3 heteroatoms. The van der Waals surface area contributed by atoms with E-state index in [0.29, 0.717) is 6.04 Å². The number of nitrogens with zero attached hydrogens (tertiary/aromatic N) is 1. The highest BCUT2D eigenvalue weighted by Crippen LogP contribution is 2.15. The Bertz CT molecular complexity index is 309. The summed E-state index contributed by atoms with van der Waals surface area (Å²) in [6.07, 6.45) is 6.99. The molecule has 0 aliphatic carbocycles. The average Bonchev–Trinajstić information content (AvgIpc) is 2.41. The monoisotopic (exact) mass is 234 g/mol. The third-order valence-electron chi connectivity index (χ3n) is 3.35. The Kier molecular flexibility index (Phi) is 4.95. The minimum Gasteiger partial charge on any atom is -0.372 e. The van der Waals surface area contributed by atoms with Crippen molar-refractivity contribution in [3.05, 3.63) is 30.1 Å². The van der Waals surface area contributed by atoms with Crippen LogP contribution in [-0.2, 0) is 4.74 Å². The smallest absolute Gasteiger partial charge is 0.0966 e. The molecule has 0 amide bonds. The first kappa shape index (κ1) is 12.5. The Morgan fingerprint density at radius 2 is 2.41 bits per heavy atom. The van der Waals surface area contributed by atoms with Crippen molar-refractivity contribution in [3.63, 3.8) is 0 Å². The lowest BCUT2D eigenvalue weighted by Crippen LogP contribution is -2.34. The Labute approximate surface area is 104 Å². The fraction of sp³-hybridized carbons (Fsp3) is 0.643. The van der Waals surface area contributed by atoms with Crippen molar-refractivity contribution in [2.24, 2.45) is 0 Å². The summed E-state index contributed by atoms with van der Waals surface area (Å²) >= 11 is 0.